The molecule has 13 heteroatoms. The maximum atomic E-state index is 13.6. The molecule has 0 saturated heterocycles. The molecule has 7 nitrogen and oxygen atoms in total. The largest absolute Gasteiger partial charge is 0.417 e. The lowest BCUT2D eigenvalue weighted by Crippen LogP contribution is -2.53. The van der Waals surface area contributed by atoms with Gasteiger partial charge >= 0.3 is 6.18 Å². The highest BCUT2D eigenvalue weighted by molar-refractivity contribution is 7.92. The average Bonchev–Trinajstić information content (AvgIpc) is 2.82. The van der Waals surface area contributed by atoms with Gasteiger partial charge in [-0.15, -0.1) is 0 Å². The molecule has 2 rings (SSSR count). The molecule has 0 heterocycles. The van der Waals surface area contributed by atoms with Gasteiger partial charge in [-0.25, -0.2) is 12.8 Å². The van der Waals surface area contributed by atoms with Crippen molar-refractivity contribution < 1.29 is 35.6 Å². The van der Waals surface area contributed by atoms with Gasteiger partial charge in [0.05, 0.1) is 22.5 Å². The van der Waals surface area contributed by atoms with Gasteiger partial charge in [-0.05, 0) is 55.7 Å². The first-order valence-corrected chi connectivity index (χ1v) is 14.0. The zero-order valence-corrected chi connectivity index (χ0v) is 22.9. The van der Waals surface area contributed by atoms with Gasteiger partial charge in [0.2, 0.25) is 21.8 Å². The number of alkyl halides is 3. The molecule has 0 bridgehead atoms. The Morgan fingerprint density at radius 2 is 1.66 bits per heavy atom. The van der Waals surface area contributed by atoms with Crippen molar-refractivity contribution in [3.05, 3.63) is 64.4 Å². The number of benzene rings is 2. The number of sulfonamides is 1. The third-order valence-electron chi connectivity index (χ3n) is 5.88. The van der Waals surface area contributed by atoms with E-state index in [1.807, 2.05) is 6.92 Å². The third kappa shape index (κ3) is 8.32. The van der Waals surface area contributed by atoms with Crippen LogP contribution >= 0.6 is 11.6 Å². The molecular weight excluding hydrogens is 550 g/mol. The molecule has 0 spiro atoms. The highest BCUT2D eigenvalue weighted by Crippen LogP contribution is 2.37. The third-order valence-corrected chi connectivity index (χ3v) is 7.35. The number of carbonyl (C=O) groups excluding carboxylic acids is 2. The van der Waals surface area contributed by atoms with Crippen LogP contribution in [0.1, 0.15) is 44.7 Å². The van der Waals surface area contributed by atoms with Gasteiger partial charge in [0.1, 0.15) is 18.4 Å². The Labute approximate surface area is 224 Å². The maximum absolute atomic E-state index is 13.6. The van der Waals surface area contributed by atoms with Crippen LogP contribution in [0.4, 0.5) is 23.2 Å². The van der Waals surface area contributed by atoms with E-state index in [1.165, 1.54) is 24.3 Å². The molecule has 38 heavy (non-hydrogen) atoms. The van der Waals surface area contributed by atoms with E-state index in [1.54, 1.807) is 13.8 Å². The first-order chi connectivity index (χ1) is 17.6. The summed E-state index contributed by atoms with van der Waals surface area (Å²) >= 11 is 5.67. The van der Waals surface area contributed by atoms with Crippen molar-refractivity contribution in [2.24, 2.45) is 0 Å². The smallest absolute Gasteiger partial charge is 0.352 e. The number of hydrogen-bond donors (Lipinski definition) is 1. The van der Waals surface area contributed by atoms with E-state index in [4.69, 9.17) is 11.6 Å². The number of nitrogens with zero attached hydrogens (tertiary/aromatic N) is 2. The summed E-state index contributed by atoms with van der Waals surface area (Å²) < 4.78 is 79.5. The highest BCUT2D eigenvalue weighted by atomic mass is 35.5. The second kappa shape index (κ2) is 12.8. The lowest BCUT2D eigenvalue weighted by atomic mass is 10.1. The van der Waals surface area contributed by atoms with E-state index in [0.717, 1.165) is 23.3 Å². The average molecular weight is 580 g/mol. The number of nitrogens with one attached hydrogen (secondary N) is 1. The van der Waals surface area contributed by atoms with Crippen molar-refractivity contribution in [1.29, 1.82) is 0 Å². The van der Waals surface area contributed by atoms with Crippen molar-refractivity contribution in [2.75, 3.05) is 17.1 Å². The van der Waals surface area contributed by atoms with E-state index >= 15 is 0 Å². The van der Waals surface area contributed by atoms with Gasteiger partial charge in [0, 0.05) is 12.6 Å². The minimum Gasteiger partial charge on any atom is -0.352 e. The van der Waals surface area contributed by atoms with E-state index in [2.05, 4.69) is 5.32 Å². The highest BCUT2D eigenvalue weighted by Gasteiger charge is 2.36. The van der Waals surface area contributed by atoms with Crippen molar-refractivity contribution in [1.82, 2.24) is 10.2 Å². The second-order valence-corrected chi connectivity index (χ2v) is 11.1. The first kappa shape index (κ1) is 31.4. The monoisotopic (exact) mass is 579 g/mol. The Bertz CT molecular complexity index is 1240. The number of carbonyl (C=O) groups is 2. The molecule has 0 aliphatic carbocycles. The number of rotatable bonds is 11. The van der Waals surface area contributed by atoms with Crippen LogP contribution in [0, 0.1) is 5.82 Å². The van der Waals surface area contributed by atoms with Crippen molar-refractivity contribution >= 4 is 39.1 Å². The summed E-state index contributed by atoms with van der Waals surface area (Å²) in [7, 11) is -4.25. The van der Waals surface area contributed by atoms with Gasteiger partial charge in [-0.1, -0.05) is 37.6 Å². The molecule has 1 N–H and O–H groups in total. The number of halogens is 5. The SMILES string of the molecule is CC[C@H](C)NC(=O)[C@H](CC)N(Cc1ccc(F)cc1)C(=O)CN(c1ccc(Cl)c(C(F)(F)F)c1)S(C)(=O)=O. The van der Waals surface area contributed by atoms with Crippen molar-refractivity contribution in [3.8, 4) is 0 Å². The zero-order chi connectivity index (χ0) is 28.8. The van der Waals surface area contributed by atoms with E-state index < -0.39 is 62.7 Å². The molecule has 2 aromatic rings. The molecule has 0 saturated carbocycles. The lowest BCUT2D eigenvalue weighted by molar-refractivity contribution is -0.140. The summed E-state index contributed by atoms with van der Waals surface area (Å²) in [6, 6.07) is 6.45. The second-order valence-electron chi connectivity index (χ2n) is 8.82. The van der Waals surface area contributed by atoms with Crippen molar-refractivity contribution in [3.63, 3.8) is 0 Å². The van der Waals surface area contributed by atoms with Crippen LogP contribution < -0.4 is 9.62 Å². The van der Waals surface area contributed by atoms with Crippen LogP contribution in [0.15, 0.2) is 42.5 Å². The first-order valence-electron chi connectivity index (χ1n) is 11.8. The zero-order valence-electron chi connectivity index (χ0n) is 21.4. The molecule has 0 aromatic heterocycles. The summed E-state index contributed by atoms with van der Waals surface area (Å²) in [5, 5.41) is 2.16. The predicted molar refractivity (Wildman–Crippen MR) is 138 cm³/mol. The Kier molecular flexibility index (Phi) is 10.6. The molecule has 2 atom stereocenters. The van der Waals surface area contributed by atoms with E-state index in [9.17, 15) is 35.6 Å². The fraction of sp³-hybridized carbons (Fsp3) is 0.440. The molecule has 2 amide bonds. The molecule has 0 aliphatic rings. The summed E-state index contributed by atoms with van der Waals surface area (Å²) in [5.74, 6) is -1.83. The summed E-state index contributed by atoms with van der Waals surface area (Å²) in [6.45, 7) is 4.25. The minimum absolute atomic E-state index is 0.160. The summed E-state index contributed by atoms with van der Waals surface area (Å²) in [6.07, 6.45) is -3.34. The normalized spacial score (nSPS) is 13.5. The van der Waals surface area contributed by atoms with Crippen LogP contribution in [-0.4, -0.2) is 50.0 Å². The van der Waals surface area contributed by atoms with Crippen LogP contribution in [0.5, 0.6) is 0 Å². The van der Waals surface area contributed by atoms with Crippen LogP contribution in [-0.2, 0) is 32.3 Å². The fourth-order valence-electron chi connectivity index (χ4n) is 3.65. The standard InChI is InChI=1S/C25H30ClF4N3O4S/c1-5-16(3)31-24(35)22(6-2)32(14-17-7-9-18(27)10-8-17)23(34)15-33(38(4,36)37)19-11-12-21(26)20(13-19)25(28,29)30/h7-13,16,22H,5-6,14-15H2,1-4H3,(H,31,35)/t16-,22-/m0/s1. The van der Waals surface area contributed by atoms with Crippen molar-refractivity contribution in [2.45, 2.75) is 58.4 Å². The van der Waals surface area contributed by atoms with Crippen LogP contribution in [0.25, 0.3) is 0 Å². The summed E-state index contributed by atoms with van der Waals surface area (Å²) in [5.41, 5.74) is -1.22. The lowest BCUT2D eigenvalue weighted by Gasteiger charge is -2.33. The van der Waals surface area contributed by atoms with Crippen LogP contribution in [0.2, 0.25) is 5.02 Å². The quantitative estimate of drug-likeness (QED) is 0.380. The van der Waals surface area contributed by atoms with E-state index in [0.29, 0.717) is 22.4 Å². The molecule has 0 aliphatic heterocycles. The Hall–Kier alpha value is -2.86. The minimum atomic E-state index is -4.86. The predicted octanol–water partition coefficient (Wildman–Crippen LogP) is 4.99. The Morgan fingerprint density at radius 1 is 1.05 bits per heavy atom. The molecule has 2 aromatic carbocycles. The Balaban J connectivity index is 2.52. The Morgan fingerprint density at radius 3 is 2.16 bits per heavy atom. The topological polar surface area (TPSA) is 86.8 Å². The maximum Gasteiger partial charge on any atom is 0.417 e. The van der Waals surface area contributed by atoms with E-state index in [-0.39, 0.29) is 19.0 Å². The number of anilines is 1. The number of hydrogen-bond acceptors (Lipinski definition) is 4. The van der Waals surface area contributed by atoms with Gasteiger partial charge in [-0.2, -0.15) is 13.2 Å². The summed E-state index contributed by atoms with van der Waals surface area (Å²) in [4.78, 5) is 27.8. The van der Waals surface area contributed by atoms with Gasteiger partial charge in [-0.3, -0.25) is 13.9 Å². The number of amides is 2. The van der Waals surface area contributed by atoms with Crippen LogP contribution in [0.3, 0.4) is 0 Å². The molecule has 210 valence electrons. The van der Waals surface area contributed by atoms with Gasteiger partial charge < -0.3 is 10.2 Å². The molecule has 0 radical (unpaired) electrons. The van der Waals surface area contributed by atoms with Gasteiger partial charge in [0.25, 0.3) is 0 Å². The molecule has 0 unspecified atom stereocenters. The fourth-order valence-corrected chi connectivity index (χ4v) is 4.71. The molecular formula is C25H30ClF4N3O4S. The molecule has 0 fully saturated rings. The van der Waals surface area contributed by atoms with Gasteiger partial charge in [0.15, 0.2) is 0 Å².